The number of carboxylic acids is 1. The Labute approximate surface area is 327 Å². The fraction of sp³-hybridized carbons (Fsp3) is 0.512. The van der Waals surface area contributed by atoms with E-state index in [4.69, 9.17) is 11.5 Å². The van der Waals surface area contributed by atoms with Gasteiger partial charge in [-0.3, -0.25) is 29.5 Å². The van der Waals surface area contributed by atoms with E-state index in [1.54, 1.807) is 0 Å². The van der Waals surface area contributed by atoms with Gasteiger partial charge in [-0.25, -0.2) is 4.79 Å². The number of amides is 4. The summed E-state index contributed by atoms with van der Waals surface area (Å²) in [7, 11) is 0. The lowest BCUT2D eigenvalue weighted by atomic mass is 9.83. The molecule has 4 amide bonds. The van der Waals surface area contributed by atoms with Crippen molar-refractivity contribution in [2.45, 2.75) is 109 Å². The molecule has 56 heavy (non-hydrogen) atoms. The summed E-state index contributed by atoms with van der Waals surface area (Å²) in [5.74, 6) is -3.74. The van der Waals surface area contributed by atoms with Crippen LogP contribution in [0.25, 0.3) is 10.9 Å². The Balaban J connectivity index is 1.45. The molecule has 2 heterocycles. The molecule has 0 saturated heterocycles. The summed E-state index contributed by atoms with van der Waals surface area (Å²) in [5, 5.41) is 23.7. The number of carbonyl (C=O) groups is 5. The van der Waals surface area contributed by atoms with Crippen molar-refractivity contribution in [2.24, 2.45) is 28.3 Å². The van der Waals surface area contributed by atoms with Crippen molar-refractivity contribution < 1.29 is 29.1 Å². The molecular weight excluding hydrogens is 715 g/mol. The molecule has 2 aromatic carbocycles. The number of carboxylic acid groups (broad SMARTS) is 1. The van der Waals surface area contributed by atoms with Gasteiger partial charge in [0.1, 0.15) is 30.3 Å². The third-order valence-corrected chi connectivity index (χ3v) is 10.9. The molecule has 1 aromatic heterocycles. The third-order valence-electron chi connectivity index (χ3n) is 10.9. The maximum atomic E-state index is 15.0. The van der Waals surface area contributed by atoms with E-state index in [0.717, 1.165) is 46.9 Å². The number of nitrogens with zero attached hydrogens (tertiary/aromatic N) is 2. The van der Waals surface area contributed by atoms with E-state index in [1.807, 2.05) is 62.5 Å². The minimum Gasteiger partial charge on any atom is -0.480 e. The van der Waals surface area contributed by atoms with Crippen LogP contribution in [0.4, 0.5) is 0 Å². The van der Waals surface area contributed by atoms with Crippen molar-refractivity contribution in [3.8, 4) is 0 Å². The highest BCUT2D eigenvalue weighted by Crippen LogP contribution is 2.33. The first-order valence-electron chi connectivity index (χ1n) is 19.7. The van der Waals surface area contributed by atoms with Crippen LogP contribution in [0.5, 0.6) is 0 Å². The highest BCUT2D eigenvalue weighted by Gasteiger charge is 2.44. The van der Waals surface area contributed by atoms with Gasteiger partial charge in [-0.05, 0) is 84.2 Å². The molecule has 1 aliphatic carbocycles. The minimum absolute atomic E-state index is 0.0781. The van der Waals surface area contributed by atoms with Gasteiger partial charge < -0.3 is 42.4 Å². The van der Waals surface area contributed by atoms with Crippen molar-refractivity contribution in [3.63, 3.8) is 0 Å². The van der Waals surface area contributed by atoms with Crippen LogP contribution >= 0.6 is 0 Å². The number of hydrogen-bond donors (Lipinski definition) is 8. The Morgan fingerprint density at radius 2 is 1.71 bits per heavy atom. The standard InChI is InChI=1S/C41H57N9O6/c1-24(2)34(47-25(3)51)37(52)49-35(27-10-5-4-6-11-27)38(53)48-32(14-9-19-46-41(42)43)39(54)50-33(40(55)56)23-28-12-7-8-13-30(28)36(50)45-20-17-26-15-16-31-29(22-26)18-21-44-31/h7-8,12-13,15-16,18,21-22,24,27,32-36,44-45H,4-6,9-11,14,17,19-20,23H2,1-3H3,(H,47,51)(H,48,53)(H,49,52)(H,55,56)(H4,42,43,46)/t32-,33-,34-,35?,36?/m0/s1. The van der Waals surface area contributed by atoms with Gasteiger partial charge in [-0.2, -0.15) is 0 Å². The molecule has 0 radical (unpaired) electrons. The number of guanidine groups is 1. The van der Waals surface area contributed by atoms with Crippen LogP contribution in [0, 0.1) is 11.8 Å². The number of carbonyl (C=O) groups excluding carboxylic acids is 4. The number of nitrogens with two attached hydrogens (primary N) is 2. The van der Waals surface area contributed by atoms with E-state index in [2.05, 4.69) is 37.3 Å². The van der Waals surface area contributed by atoms with Gasteiger partial charge in [0.2, 0.25) is 23.6 Å². The van der Waals surface area contributed by atoms with Crippen LogP contribution < -0.4 is 32.7 Å². The summed E-state index contributed by atoms with van der Waals surface area (Å²) < 4.78 is 0. The fourth-order valence-corrected chi connectivity index (χ4v) is 7.99. The second kappa shape index (κ2) is 19.4. The highest BCUT2D eigenvalue weighted by molar-refractivity contribution is 5.95. The lowest BCUT2D eigenvalue weighted by Crippen LogP contribution is -2.62. The van der Waals surface area contributed by atoms with Crippen LogP contribution in [0.1, 0.15) is 88.6 Å². The molecule has 5 rings (SSSR count). The van der Waals surface area contributed by atoms with Gasteiger partial charge in [-0.15, -0.1) is 0 Å². The van der Waals surface area contributed by atoms with E-state index in [1.165, 1.54) is 11.8 Å². The zero-order valence-electron chi connectivity index (χ0n) is 32.6. The number of benzene rings is 2. The molecule has 1 fully saturated rings. The Morgan fingerprint density at radius 3 is 2.41 bits per heavy atom. The Bertz CT molecular complexity index is 1880. The minimum atomic E-state index is -1.23. The summed E-state index contributed by atoms with van der Waals surface area (Å²) in [6, 6.07) is 11.3. The Kier molecular flexibility index (Phi) is 14.5. The molecule has 0 bridgehead atoms. The number of aliphatic imine (C=N–C) groups is 1. The Hall–Kier alpha value is -5.44. The predicted octanol–water partition coefficient (Wildman–Crippen LogP) is 2.60. The second-order valence-corrected chi connectivity index (χ2v) is 15.3. The molecule has 2 unspecified atom stereocenters. The lowest BCUT2D eigenvalue weighted by molar-refractivity contribution is -0.156. The number of aliphatic carboxylic acids is 1. The van der Waals surface area contributed by atoms with E-state index < -0.39 is 54.0 Å². The van der Waals surface area contributed by atoms with Gasteiger partial charge in [-0.1, -0.05) is 63.4 Å². The van der Waals surface area contributed by atoms with Gasteiger partial charge in [0.05, 0.1) is 0 Å². The van der Waals surface area contributed by atoms with Gasteiger partial charge in [0.25, 0.3) is 0 Å². The molecule has 1 aliphatic heterocycles. The number of fused-ring (bicyclic) bond motifs is 2. The van der Waals surface area contributed by atoms with Crippen molar-refractivity contribution in [1.82, 2.24) is 31.2 Å². The van der Waals surface area contributed by atoms with Gasteiger partial charge in [0, 0.05) is 38.1 Å². The normalized spacial score (nSPS) is 18.7. The van der Waals surface area contributed by atoms with E-state index >= 15 is 0 Å². The van der Waals surface area contributed by atoms with Crippen LogP contribution in [0.3, 0.4) is 0 Å². The largest absolute Gasteiger partial charge is 0.480 e. The van der Waals surface area contributed by atoms with Crippen molar-refractivity contribution in [1.29, 1.82) is 0 Å². The van der Waals surface area contributed by atoms with E-state index in [0.29, 0.717) is 32.2 Å². The average molecular weight is 772 g/mol. The van der Waals surface area contributed by atoms with Crippen LogP contribution in [0.15, 0.2) is 59.7 Å². The molecule has 3 aromatic rings. The first kappa shape index (κ1) is 41.7. The zero-order chi connectivity index (χ0) is 40.4. The maximum absolute atomic E-state index is 15.0. The number of H-pyrrole nitrogens is 1. The molecular formula is C41H57N9O6. The van der Waals surface area contributed by atoms with Gasteiger partial charge >= 0.3 is 5.97 Å². The topological polar surface area (TPSA) is 237 Å². The molecule has 302 valence electrons. The van der Waals surface area contributed by atoms with Crippen LogP contribution in [0.2, 0.25) is 0 Å². The first-order valence-corrected chi connectivity index (χ1v) is 19.7. The quantitative estimate of drug-likeness (QED) is 0.0571. The van der Waals surface area contributed by atoms with Crippen molar-refractivity contribution in [2.75, 3.05) is 13.1 Å². The molecule has 15 nitrogen and oxygen atoms in total. The number of hydrogen-bond acceptors (Lipinski definition) is 7. The van der Waals surface area contributed by atoms with Crippen molar-refractivity contribution in [3.05, 3.63) is 71.4 Å². The lowest BCUT2D eigenvalue weighted by Gasteiger charge is -2.43. The van der Waals surface area contributed by atoms with E-state index in [9.17, 15) is 29.1 Å². The zero-order valence-corrected chi connectivity index (χ0v) is 32.6. The van der Waals surface area contributed by atoms with Gasteiger partial charge in [0.15, 0.2) is 5.96 Å². The monoisotopic (exact) mass is 771 g/mol. The summed E-state index contributed by atoms with van der Waals surface area (Å²) in [5.41, 5.74) is 14.8. The van der Waals surface area contributed by atoms with E-state index in [-0.39, 0.29) is 43.1 Å². The smallest absolute Gasteiger partial charge is 0.326 e. The number of nitrogens with one attached hydrogen (secondary N) is 5. The summed E-state index contributed by atoms with van der Waals surface area (Å²) in [6.45, 7) is 5.55. The highest BCUT2D eigenvalue weighted by atomic mass is 16.4. The predicted molar refractivity (Wildman–Crippen MR) is 214 cm³/mol. The average Bonchev–Trinajstić information content (AvgIpc) is 3.64. The molecule has 0 spiro atoms. The first-order chi connectivity index (χ1) is 26.8. The van der Waals surface area contributed by atoms with Crippen LogP contribution in [-0.2, 0) is 36.8 Å². The maximum Gasteiger partial charge on any atom is 0.326 e. The second-order valence-electron chi connectivity index (χ2n) is 15.3. The summed E-state index contributed by atoms with van der Waals surface area (Å²) >= 11 is 0. The number of aromatic amines is 1. The fourth-order valence-electron chi connectivity index (χ4n) is 7.99. The SMILES string of the molecule is CC(=O)N[C@H](C(=O)NC(C(=O)N[C@@H](CCCN=C(N)N)C(=O)N1C(NCCc2ccc3[nH]ccc3c2)c2ccccc2C[C@H]1C(=O)O)C1CCCCC1)C(C)C. The summed E-state index contributed by atoms with van der Waals surface area (Å²) in [6.07, 6.45) is 6.30. The van der Waals surface area contributed by atoms with Crippen molar-refractivity contribution >= 4 is 46.5 Å². The third kappa shape index (κ3) is 10.6. The summed E-state index contributed by atoms with van der Waals surface area (Å²) in [4.78, 5) is 76.7. The molecule has 2 aliphatic rings. The molecule has 1 saturated carbocycles. The molecule has 5 atom stereocenters. The Morgan fingerprint density at radius 1 is 0.964 bits per heavy atom. The molecule has 10 N–H and O–H groups in total. The number of aromatic nitrogens is 1. The number of rotatable bonds is 17. The molecule has 15 heteroatoms. The van der Waals surface area contributed by atoms with Crippen LogP contribution in [-0.4, -0.2) is 87.8 Å².